The van der Waals surface area contributed by atoms with E-state index in [-0.39, 0.29) is 5.91 Å². The number of amides is 1. The summed E-state index contributed by atoms with van der Waals surface area (Å²) in [5, 5.41) is 9.28. The zero-order chi connectivity index (χ0) is 18.7. The summed E-state index contributed by atoms with van der Waals surface area (Å²) in [4.78, 5) is 20.8. The molecule has 2 heterocycles. The summed E-state index contributed by atoms with van der Waals surface area (Å²) in [6.45, 7) is 6.07. The van der Waals surface area contributed by atoms with E-state index in [9.17, 15) is 4.79 Å². The average molecular weight is 371 g/mol. The van der Waals surface area contributed by atoms with Crippen molar-refractivity contribution < 1.29 is 9.32 Å². The van der Waals surface area contributed by atoms with Crippen molar-refractivity contribution in [2.24, 2.45) is 11.1 Å². The van der Waals surface area contributed by atoms with Crippen LogP contribution in [0, 0.1) is 5.41 Å². The standard InChI is InChI=1S/C18H21N5O2S/c1-18(2,3)16(24)22-17-20-13(10-26-17)8-14-21-15(23-25-14)12-6-4-11(9-19)5-7-12/h4-7,10H,8-9,19H2,1-3H3,(H,20,22,24). The van der Waals surface area contributed by atoms with Gasteiger partial charge in [0.1, 0.15) is 0 Å². The largest absolute Gasteiger partial charge is 0.339 e. The lowest BCUT2D eigenvalue weighted by Crippen LogP contribution is -2.27. The maximum atomic E-state index is 12.0. The molecule has 0 aliphatic heterocycles. The highest BCUT2D eigenvalue weighted by molar-refractivity contribution is 7.13. The second-order valence-corrected chi connectivity index (χ2v) is 7.80. The fourth-order valence-corrected chi connectivity index (χ4v) is 2.82. The first-order chi connectivity index (χ1) is 12.3. The number of nitrogens with two attached hydrogens (primary N) is 1. The van der Waals surface area contributed by atoms with Crippen LogP contribution in [0.15, 0.2) is 34.2 Å². The number of rotatable bonds is 5. The van der Waals surface area contributed by atoms with Gasteiger partial charge in [-0.25, -0.2) is 4.98 Å². The van der Waals surface area contributed by atoms with Crippen LogP contribution >= 0.6 is 11.3 Å². The number of thiazole rings is 1. The Morgan fingerprint density at radius 1 is 1.23 bits per heavy atom. The Kier molecular flexibility index (Phi) is 5.15. The molecule has 0 saturated heterocycles. The summed E-state index contributed by atoms with van der Waals surface area (Å²) in [6.07, 6.45) is 0.412. The molecule has 1 aromatic carbocycles. The second-order valence-electron chi connectivity index (χ2n) is 6.94. The van der Waals surface area contributed by atoms with Gasteiger partial charge in [0.05, 0.1) is 12.1 Å². The number of hydrogen-bond acceptors (Lipinski definition) is 7. The summed E-state index contributed by atoms with van der Waals surface area (Å²) in [5.74, 6) is 0.932. The summed E-state index contributed by atoms with van der Waals surface area (Å²) in [6, 6.07) is 7.71. The zero-order valence-electron chi connectivity index (χ0n) is 14.9. The van der Waals surface area contributed by atoms with Crippen molar-refractivity contribution in [3.63, 3.8) is 0 Å². The number of carbonyl (C=O) groups is 1. The highest BCUT2D eigenvalue weighted by Gasteiger charge is 2.22. The van der Waals surface area contributed by atoms with Gasteiger partial charge >= 0.3 is 0 Å². The Bertz CT molecular complexity index is 893. The smallest absolute Gasteiger partial charge is 0.233 e. The fourth-order valence-electron chi connectivity index (χ4n) is 2.12. The normalized spacial score (nSPS) is 11.5. The summed E-state index contributed by atoms with van der Waals surface area (Å²) in [7, 11) is 0. The van der Waals surface area contributed by atoms with Crippen LogP contribution in [0.4, 0.5) is 5.13 Å². The van der Waals surface area contributed by atoms with Crippen molar-refractivity contribution in [2.75, 3.05) is 5.32 Å². The van der Waals surface area contributed by atoms with Crippen LogP contribution < -0.4 is 11.1 Å². The van der Waals surface area contributed by atoms with E-state index >= 15 is 0 Å². The average Bonchev–Trinajstić information content (AvgIpc) is 3.24. The number of nitrogens with zero attached hydrogens (tertiary/aromatic N) is 3. The molecule has 3 rings (SSSR count). The molecule has 136 valence electrons. The van der Waals surface area contributed by atoms with Crippen molar-refractivity contribution >= 4 is 22.4 Å². The highest BCUT2D eigenvalue weighted by atomic mass is 32.1. The van der Waals surface area contributed by atoms with Gasteiger partial charge in [-0.05, 0) is 5.56 Å². The minimum atomic E-state index is -0.466. The molecular formula is C18H21N5O2S. The molecule has 3 aromatic rings. The Morgan fingerprint density at radius 2 is 1.96 bits per heavy atom. The van der Waals surface area contributed by atoms with Gasteiger partial charge in [-0.1, -0.05) is 50.2 Å². The number of benzene rings is 1. The van der Waals surface area contributed by atoms with E-state index in [1.807, 2.05) is 50.4 Å². The van der Waals surface area contributed by atoms with Gasteiger partial charge in [-0.15, -0.1) is 11.3 Å². The van der Waals surface area contributed by atoms with Crippen LogP contribution in [-0.2, 0) is 17.8 Å². The minimum absolute atomic E-state index is 0.0700. The van der Waals surface area contributed by atoms with Gasteiger partial charge in [0.2, 0.25) is 17.6 Å². The number of nitrogens with one attached hydrogen (secondary N) is 1. The number of aromatic nitrogens is 3. The fraction of sp³-hybridized carbons (Fsp3) is 0.333. The summed E-state index contributed by atoms with van der Waals surface area (Å²) in [5.41, 5.74) is 7.82. The minimum Gasteiger partial charge on any atom is -0.339 e. The first-order valence-corrected chi connectivity index (χ1v) is 9.11. The predicted molar refractivity (Wildman–Crippen MR) is 101 cm³/mol. The molecule has 0 atom stereocenters. The molecule has 2 aromatic heterocycles. The maximum Gasteiger partial charge on any atom is 0.233 e. The van der Waals surface area contributed by atoms with Gasteiger partial charge in [0, 0.05) is 22.9 Å². The van der Waals surface area contributed by atoms with E-state index in [1.54, 1.807) is 0 Å². The van der Waals surface area contributed by atoms with E-state index in [1.165, 1.54) is 11.3 Å². The first-order valence-electron chi connectivity index (χ1n) is 8.23. The van der Waals surface area contributed by atoms with E-state index in [0.717, 1.165) is 16.8 Å². The molecule has 0 bridgehead atoms. The Balaban J connectivity index is 1.67. The van der Waals surface area contributed by atoms with E-state index in [0.29, 0.717) is 29.8 Å². The molecule has 0 aliphatic rings. The molecule has 1 amide bonds. The first kappa shape index (κ1) is 18.2. The molecule has 8 heteroatoms. The van der Waals surface area contributed by atoms with E-state index < -0.39 is 5.41 Å². The zero-order valence-corrected chi connectivity index (χ0v) is 15.8. The van der Waals surface area contributed by atoms with Crippen LogP contribution in [0.5, 0.6) is 0 Å². The van der Waals surface area contributed by atoms with Crippen molar-refractivity contribution in [1.29, 1.82) is 0 Å². The molecule has 0 radical (unpaired) electrons. The topological polar surface area (TPSA) is 107 Å². The van der Waals surface area contributed by atoms with Crippen LogP contribution in [0.3, 0.4) is 0 Å². The SMILES string of the molecule is CC(C)(C)C(=O)Nc1nc(Cc2nc(-c3ccc(CN)cc3)no2)cs1. The lowest BCUT2D eigenvalue weighted by molar-refractivity contribution is -0.123. The molecule has 3 N–H and O–H groups in total. The lowest BCUT2D eigenvalue weighted by Gasteiger charge is -2.15. The van der Waals surface area contributed by atoms with Gasteiger partial charge in [-0.2, -0.15) is 4.98 Å². The quantitative estimate of drug-likeness (QED) is 0.713. The van der Waals surface area contributed by atoms with Gasteiger partial charge in [-0.3, -0.25) is 4.79 Å². The molecule has 0 aliphatic carbocycles. The van der Waals surface area contributed by atoms with E-state index in [2.05, 4.69) is 20.4 Å². The number of hydrogen-bond donors (Lipinski definition) is 2. The van der Waals surface area contributed by atoms with Crippen molar-refractivity contribution in [1.82, 2.24) is 15.1 Å². The molecule has 0 saturated carbocycles. The second kappa shape index (κ2) is 7.35. The van der Waals surface area contributed by atoms with Gasteiger partial charge < -0.3 is 15.6 Å². The maximum absolute atomic E-state index is 12.0. The predicted octanol–water partition coefficient (Wildman–Crippen LogP) is 3.23. The van der Waals surface area contributed by atoms with Crippen molar-refractivity contribution in [2.45, 2.75) is 33.7 Å². The summed E-state index contributed by atoms with van der Waals surface area (Å²) < 4.78 is 5.32. The highest BCUT2D eigenvalue weighted by Crippen LogP contribution is 2.22. The van der Waals surface area contributed by atoms with Crippen LogP contribution in [0.2, 0.25) is 0 Å². The van der Waals surface area contributed by atoms with Gasteiger partial charge in [0.25, 0.3) is 0 Å². The Labute approximate surface area is 155 Å². The Morgan fingerprint density at radius 3 is 2.62 bits per heavy atom. The summed E-state index contributed by atoms with van der Waals surface area (Å²) >= 11 is 1.38. The number of carbonyl (C=O) groups excluding carboxylic acids is 1. The lowest BCUT2D eigenvalue weighted by atomic mass is 9.96. The molecule has 26 heavy (non-hydrogen) atoms. The molecule has 7 nitrogen and oxygen atoms in total. The monoisotopic (exact) mass is 371 g/mol. The molecule has 0 unspecified atom stereocenters. The Hall–Kier alpha value is -2.58. The third-order valence-electron chi connectivity index (χ3n) is 3.70. The number of anilines is 1. The van der Waals surface area contributed by atoms with Crippen LogP contribution in [-0.4, -0.2) is 21.0 Å². The van der Waals surface area contributed by atoms with Crippen LogP contribution in [0.25, 0.3) is 11.4 Å². The van der Waals surface area contributed by atoms with Gasteiger partial charge in [0.15, 0.2) is 5.13 Å². The molecular weight excluding hydrogens is 350 g/mol. The van der Waals surface area contributed by atoms with Crippen molar-refractivity contribution in [3.8, 4) is 11.4 Å². The van der Waals surface area contributed by atoms with Crippen LogP contribution in [0.1, 0.15) is 37.9 Å². The third kappa shape index (κ3) is 4.33. The molecule has 0 spiro atoms. The van der Waals surface area contributed by atoms with E-state index in [4.69, 9.17) is 10.3 Å². The molecule has 0 fully saturated rings. The third-order valence-corrected chi connectivity index (χ3v) is 4.51. The van der Waals surface area contributed by atoms with Crippen molar-refractivity contribution in [3.05, 3.63) is 46.8 Å².